The quantitative estimate of drug-likeness (QED) is 0.790. The number of rotatable bonds is 5. The smallest absolute Gasteiger partial charge is 0.236 e. The van der Waals surface area contributed by atoms with Gasteiger partial charge in [-0.25, -0.2) is 0 Å². The number of benzene rings is 1. The van der Waals surface area contributed by atoms with Gasteiger partial charge >= 0.3 is 0 Å². The maximum atomic E-state index is 11.3. The zero-order valence-electron chi connectivity index (χ0n) is 10.3. The van der Waals surface area contributed by atoms with E-state index >= 15 is 0 Å². The minimum absolute atomic E-state index is 0.192. The van der Waals surface area contributed by atoms with Gasteiger partial charge in [0, 0.05) is 18.2 Å². The van der Waals surface area contributed by atoms with E-state index in [9.17, 15) is 4.79 Å². The van der Waals surface area contributed by atoms with Crippen molar-refractivity contribution >= 4 is 5.91 Å². The molecule has 5 nitrogen and oxygen atoms in total. The van der Waals surface area contributed by atoms with Crippen LogP contribution in [0.3, 0.4) is 0 Å². The van der Waals surface area contributed by atoms with Gasteiger partial charge in [-0.3, -0.25) is 4.79 Å². The van der Waals surface area contributed by atoms with E-state index < -0.39 is 6.04 Å². The average Bonchev–Trinajstić information content (AvgIpc) is 2.35. The van der Waals surface area contributed by atoms with Crippen LogP contribution in [0.5, 0.6) is 11.5 Å². The lowest BCUT2D eigenvalue weighted by Crippen LogP contribution is -2.37. The summed E-state index contributed by atoms with van der Waals surface area (Å²) in [5.41, 5.74) is 6.33. The SMILES string of the molecule is COc1ccc(CNC(=O)[C@H](C)N)c(OC)c1. The van der Waals surface area contributed by atoms with E-state index in [0.717, 1.165) is 5.56 Å². The monoisotopic (exact) mass is 238 g/mol. The first-order valence-electron chi connectivity index (χ1n) is 5.32. The van der Waals surface area contributed by atoms with Crippen molar-refractivity contribution in [2.75, 3.05) is 14.2 Å². The molecule has 0 aliphatic heterocycles. The molecule has 3 N–H and O–H groups in total. The molecule has 0 saturated carbocycles. The van der Waals surface area contributed by atoms with Gasteiger partial charge in [0.05, 0.1) is 20.3 Å². The Balaban J connectivity index is 2.74. The number of carbonyl (C=O) groups is 1. The molecule has 1 aromatic rings. The largest absolute Gasteiger partial charge is 0.497 e. The second-order valence-electron chi connectivity index (χ2n) is 3.68. The molecular formula is C12H18N2O3. The fourth-order valence-electron chi connectivity index (χ4n) is 1.34. The number of ether oxygens (including phenoxy) is 2. The summed E-state index contributed by atoms with van der Waals surface area (Å²) in [4.78, 5) is 11.3. The van der Waals surface area contributed by atoms with Crippen LogP contribution >= 0.6 is 0 Å². The second-order valence-corrected chi connectivity index (χ2v) is 3.68. The van der Waals surface area contributed by atoms with Gasteiger partial charge in [-0.15, -0.1) is 0 Å². The summed E-state index contributed by atoms with van der Waals surface area (Å²) >= 11 is 0. The highest BCUT2D eigenvalue weighted by molar-refractivity contribution is 5.81. The minimum atomic E-state index is -0.515. The number of methoxy groups -OCH3 is 2. The predicted molar refractivity (Wildman–Crippen MR) is 65.0 cm³/mol. The minimum Gasteiger partial charge on any atom is -0.497 e. The lowest BCUT2D eigenvalue weighted by Gasteiger charge is -2.12. The third-order valence-electron chi connectivity index (χ3n) is 2.36. The third kappa shape index (κ3) is 3.64. The second kappa shape index (κ2) is 6.10. The highest BCUT2D eigenvalue weighted by Crippen LogP contribution is 2.24. The Morgan fingerprint density at radius 1 is 1.41 bits per heavy atom. The van der Waals surface area contributed by atoms with Gasteiger partial charge in [-0.1, -0.05) is 0 Å². The van der Waals surface area contributed by atoms with Crippen LogP contribution in [0, 0.1) is 0 Å². The van der Waals surface area contributed by atoms with Crippen molar-refractivity contribution in [3.05, 3.63) is 23.8 Å². The van der Waals surface area contributed by atoms with E-state index in [2.05, 4.69) is 5.32 Å². The van der Waals surface area contributed by atoms with Crippen LogP contribution in [0.25, 0.3) is 0 Å². The standard InChI is InChI=1S/C12H18N2O3/c1-8(13)12(15)14-7-9-4-5-10(16-2)6-11(9)17-3/h4-6,8H,7,13H2,1-3H3,(H,14,15)/t8-/m0/s1. The van der Waals surface area contributed by atoms with Crippen molar-refractivity contribution in [1.29, 1.82) is 0 Å². The molecule has 0 fully saturated rings. The number of hydrogen-bond acceptors (Lipinski definition) is 4. The molecule has 1 atom stereocenters. The van der Waals surface area contributed by atoms with Crippen molar-refractivity contribution in [3.63, 3.8) is 0 Å². The summed E-state index contributed by atoms with van der Waals surface area (Å²) in [6, 6.07) is 4.92. The van der Waals surface area contributed by atoms with Crippen LogP contribution in [-0.4, -0.2) is 26.2 Å². The summed E-state index contributed by atoms with van der Waals surface area (Å²) in [6.45, 7) is 2.02. The summed E-state index contributed by atoms with van der Waals surface area (Å²) in [5.74, 6) is 1.20. The Bertz CT molecular complexity index is 391. The van der Waals surface area contributed by atoms with Gasteiger partial charge in [0.2, 0.25) is 5.91 Å². The third-order valence-corrected chi connectivity index (χ3v) is 2.36. The summed E-state index contributed by atoms with van der Waals surface area (Å²) in [5, 5.41) is 2.73. The first kappa shape index (κ1) is 13.3. The Kier molecular flexibility index (Phi) is 4.78. The Hall–Kier alpha value is -1.75. The van der Waals surface area contributed by atoms with Crippen LogP contribution in [0.2, 0.25) is 0 Å². The van der Waals surface area contributed by atoms with Gasteiger partial charge in [0.25, 0.3) is 0 Å². The van der Waals surface area contributed by atoms with E-state index in [1.807, 2.05) is 12.1 Å². The topological polar surface area (TPSA) is 73.6 Å². The molecule has 17 heavy (non-hydrogen) atoms. The van der Waals surface area contributed by atoms with E-state index in [-0.39, 0.29) is 5.91 Å². The van der Waals surface area contributed by atoms with Gasteiger partial charge in [-0.2, -0.15) is 0 Å². The molecule has 1 rings (SSSR count). The Labute approximate surface area is 101 Å². The number of amides is 1. The number of nitrogens with two attached hydrogens (primary N) is 1. The molecule has 0 saturated heterocycles. The summed E-state index contributed by atoms with van der Waals surface area (Å²) < 4.78 is 10.3. The molecule has 5 heteroatoms. The first-order chi connectivity index (χ1) is 8.08. The normalized spacial score (nSPS) is 11.8. The van der Waals surface area contributed by atoms with Crippen LogP contribution in [0.4, 0.5) is 0 Å². The summed E-state index contributed by atoms with van der Waals surface area (Å²) in [7, 11) is 3.16. The van der Waals surface area contributed by atoms with E-state index in [0.29, 0.717) is 18.0 Å². The van der Waals surface area contributed by atoms with Crippen molar-refractivity contribution in [2.24, 2.45) is 5.73 Å². The number of hydrogen-bond donors (Lipinski definition) is 2. The fraction of sp³-hybridized carbons (Fsp3) is 0.417. The molecule has 94 valence electrons. The molecular weight excluding hydrogens is 220 g/mol. The molecule has 0 aliphatic carbocycles. The van der Waals surface area contributed by atoms with Crippen molar-refractivity contribution in [1.82, 2.24) is 5.32 Å². The highest BCUT2D eigenvalue weighted by atomic mass is 16.5. The predicted octanol–water partition coefficient (Wildman–Crippen LogP) is 0.667. The fourth-order valence-corrected chi connectivity index (χ4v) is 1.34. The highest BCUT2D eigenvalue weighted by Gasteiger charge is 2.09. The maximum absolute atomic E-state index is 11.3. The number of carbonyl (C=O) groups excluding carboxylic acids is 1. The number of nitrogens with one attached hydrogen (secondary N) is 1. The Morgan fingerprint density at radius 3 is 2.65 bits per heavy atom. The van der Waals surface area contributed by atoms with Gasteiger partial charge < -0.3 is 20.5 Å². The molecule has 0 aliphatic rings. The molecule has 1 aromatic carbocycles. The van der Waals surface area contributed by atoms with Gasteiger partial charge in [0.1, 0.15) is 11.5 Å². The van der Waals surface area contributed by atoms with Crippen LogP contribution in [0.15, 0.2) is 18.2 Å². The molecule has 0 heterocycles. The van der Waals surface area contributed by atoms with Crippen LogP contribution in [-0.2, 0) is 11.3 Å². The zero-order valence-corrected chi connectivity index (χ0v) is 10.3. The lowest BCUT2D eigenvalue weighted by molar-refractivity contribution is -0.122. The van der Waals surface area contributed by atoms with Crippen LogP contribution < -0.4 is 20.5 Å². The molecule has 0 aromatic heterocycles. The molecule has 0 unspecified atom stereocenters. The molecule has 0 bridgehead atoms. The molecule has 0 radical (unpaired) electrons. The van der Waals surface area contributed by atoms with E-state index in [1.165, 1.54) is 0 Å². The van der Waals surface area contributed by atoms with E-state index in [1.54, 1.807) is 27.2 Å². The van der Waals surface area contributed by atoms with Crippen LogP contribution in [0.1, 0.15) is 12.5 Å². The van der Waals surface area contributed by atoms with Crippen molar-refractivity contribution in [3.8, 4) is 11.5 Å². The Morgan fingerprint density at radius 2 is 2.12 bits per heavy atom. The summed E-state index contributed by atoms with van der Waals surface area (Å²) in [6.07, 6.45) is 0. The maximum Gasteiger partial charge on any atom is 0.236 e. The lowest BCUT2D eigenvalue weighted by atomic mass is 10.2. The average molecular weight is 238 g/mol. The van der Waals surface area contributed by atoms with E-state index in [4.69, 9.17) is 15.2 Å². The first-order valence-corrected chi connectivity index (χ1v) is 5.32. The molecule has 1 amide bonds. The van der Waals surface area contributed by atoms with Crippen molar-refractivity contribution < 1.29 is 14.3 Å². The van der Waals surface area contributed by atoms with Crippen molar-refractivity contribution in [2.45, 2.75) is 19.5 Å². The molecule has 0 spiro atoms. The van der Waals surface area contributed by atoms with Gasteiger partial charge in [-0.05, 0) is 19.1 Å². The zero-order chi connectivity index (χ0) is 12.8. The van der Waals surface area contributed by atoms with Gasteiger partial charge in [0.15, 0.2) is 0 Å².